The molecule has 0 atom stereocenters. The van der Waals surface area contributed by atoms with Gasteiger partial charge < -0.3 is 14.2 Å². The summed E-state index contributed by atoms with van der Waals surface area (Å²) in [4.78, 5) is 20.2. The first-order chi connectivity index (χ1) is 14.5. The van der Waals surface area contributed by atoms with Crippen LogP contribution < -0.4 is 4.90 Å². The number of para-hydroxylation sites is 1. The van der Waals surface area contributed by atoms with E-state index in [9.17, 15) is 18.0 Å². The van der Waals surface area contributed by atoms with Crippen LogP contribution in [-0.4, -0.2) is 42.0 Å². The Morgan fingerprint density at radius 2 is 1.60 bits per heavy atom. The van der Waals surface area contributed by atoms with Crippen molar-refractivity contribution in [2.75, 3.05) is 31.1 Å². The summed E-state index contributed by atoms with van der Waals surface area (Å²) < 4.78 is 47.1. The highest BCUT2D eigenvalue weighted by Gasteiger charge is 2.23. The van der Waals surface area contributed by atoms with Crippen molar-refractivity contribution < 1.29 is 22.4 Å². The third-order valence-corrected chi connectivity index (χ3v) is 5.14. The van der Waals surface area contributed by atoms with Crippen LogP contribution in [0, 0.1) is 17.5 Å². The number of rotatable bonds is 5. The highest BCUT2D eigenvalue weighted by molar-refractivity contribution is 5.76. The Kier molecular flexibility index (Phi) is 5.74. The Balaban J connectivity index is 1.32. The van der Waals surface area contributed by atoms with Crippen LogP contribution in [0.25, 0.3) is 11.3 Å². The number of benzene rings is 2. The van der Waals surface area contributed by atoms with Crippen LogP contribution in [0.3, 0.4) is 0 Å². The third-order valence-electron chi connectivity index (χ3n) is 5.14. The zero-order valence-electron chi connectivity index (χ0n) is 16.2. The zero-order valence-corrected chi connectivity index (χ0v) is 16.2. The third kappa shape index (κ3) is 4.17. The number of anilines is 1. The molecule has 30 heavy (non-hydrogen) atoms. The molecule has 1 aliphatic rings. The predicted molar refractivity (Wildman–Crippen MR) is 105 cm³/mol. The lowest BCUT2D eigenvalue weighted by Gasteiger charge is -2.36. The minimum atomic E-state index is -0.735. The highest BCUT2D eigenvalue weighted by atomic mass is 19.1. The normalized spacial score (nSPS) is 14.2. The lowest BCUT2D eigenvalue weighted by molar-refractivity contribution is -0.131. The Morgan fingerprint density at radius 3 is 2.30 bits per heavy atom. The Morgan fingerprint density at radius 1 is 0.933 bits per heavy atom. The first-order valence-corrected chi connectivity index (χ1v) is 9.69. The van der Waals surface area contributed by atoms with E-state index in [0.717, 1.165) is 12.1 Å². The molecule has 1 saturated heterocycles. The number of halogens is 3. The van der Waals surface area contributed by atoms with Crippen LogP contribution in [-0.2, 0) is 11.2 Å². The summed E-state index contributed by atoms with van der Waals surface area (Å²) in [5, 5.41) is 0. The molecule has 1 aromatic heterocycles. The van der Waals surface area contributed by atoms with Gasteiger partial charge in [0.25, 0.3) is 0 Å². The van der Waals surface area contributed by atoms with Gasteiger partial charge in [-0.1, -0.05) is 18.2 Å². The molecule has 0 saturated carbocycles. The number of amides is 1. The van der Waals surface area contributed by atoms with Crippen LogP contribution in [0.15, 0.2) is 53.1 Å². The number of aryl methyl sites for hydroxylation is 1. The Hall–Kier alpha value is -3.29. The minimum absolute atomic E-state index is 0.00782. The molecule has 0 spiro atoms. The summed E-state index contributed by atoms with van der Waals surface area (Å²) in [7, 11) is 0. The molecule has 8 heteroatoms. The summed E-state index contributed by atoms with van der Waals surface area (Å²) in [5.41, 5.74) is 0.268. The van der Waals surface area contributed by atoms with Crippen LogP contribution in [0.5, 0.6) is 0 Å². The first kappa shape index (κ1) is 20.0. The van der Waals surface area contributed by atoms with E-state index in [0.29, 0.717) is 31.9 Å². The van der Waals surface area contributed by atoms with Gasteiger partial charge >= 0.3 is 0 Å². The van der Waals surface area contributed by atoms with E-state index < -0.39 is 11.6 Å². The van der Waals surface area contributed by atoms with E-state index in [-0.39, 0.29) is 41.8 Å². The average Bonchev–Trinajstić information content (AvgIpc) is 3.21. The van der Waals surface area contributed by atoms with Gasteiger partial charge in [0.15, 0.2) is 11.7 Å². The van der Waals surface area contributed by atoms with Crippen molar-refractivity contribution in [1.82, 2.24) is 9.88 Å². The second kappa shape index (κ2) is 8.61. The molecule has 5 nitrogen and oxygen atoms in total. The molecule has 0 aliphatic carbocycles. The smallest absolute Gasteiger partial charge is 0.223 e. The molecule has 2 aromatic carbocycles. The fourth-order valence-electron chi connectivity index (χ4n) is 3.55. The van der Waals surface area contributed by atoms with Crippen molar-refractivity contribution in [3.63, 3.8) is 0 Å². The number of hydrogen-bond donors (Lipinski definition) is 0. The van der Waals surface area contributed by atoms with Crippen LogP contribution >= 0.6 is 0 Å². The van der Waals surface area contributed by atoms with Gasteiger partial charge in [-0.05, 0) is 24.3 Å². The second-order valence-corrected chi connectivity index (χ2v) is 7.03. The number of carbonyl (C=O) groups is 1. The summed E-state index contributed by atoms with van der Waals surface area (Å²) in [5.74, 6) is -1.58. The monoisotopic (exact) mass is 415 g/mol. The topological polar surface area (TPSA) is 49.6 Å². The molecule has 1 aliphatic heterocycles. The molecule has 0 N–H and O–H groups in total. The zero-order chi connectivity index (χ0) is 21.1. The maximum Gasteiger partial charge on any atom is 0.223 e. The van der Waals surface area contributed by atoms with E-state index in [4.69, 9.17) is 4.42 Å². The molecule has 156 valence electrons. The number of piperazine rings is 1. The molecule has 3 aromatic rings. The standard InChI is InChI=1S/C22H20F3N3O2/c23-15-4-1-2-7-18(15)27-10-12-28(13-11-27)21(29)9-8-20-26-14-19(30-20)22-16(24)5-3-6-17(22)25/h1-7,14H,8-13H2. The van der Waals surface area contributed by atoms with Gasteiger partial charge in [0.2, 0.25) is 5.91 Å². The largest absolute Gasteiger partial charge is 0.441 e. The van der Waals surface area contributed by atoms with Gasteiger partial charge in [-0.15, -0.1) is 0 Å². The maximum atomic E-state index is 13.9. The van der Waals surface area contributed by atoms with E-state index in [1.807, 2.05) is 4.90 Å². The molecular formula is C22H20F3N3O2. The van der Waals surface area contributed by atoms with Crippen LogP contribution in [0.4, 0.5) is 18.9 Å². The quantitative estimate of drug-likeness (QED) is 0.631. The average molecular weight is 415 g/mol. The summed E-state index contributed by atoms with van der Waals surface area (Å²) >= 11 is 0. The fraction of sp³-hybridized carbons (Fsp3) is 0.273. The SMILES string of the molecule is O=C(CCc1ncc(-c2c(F)cccc2F)o1)N1CCN(c2ccccc2F)CC1. The fourth-order valence-corrected chi connectivity index (χ4v) is 3.55. The number of oxazole rings is 1. The molecule has 0 bridgehead atoms. The number of aromatic nitrogens is 1. The maximum absolute atomic E-state index is 13.9. The molecule has 1 fully saturated rings. The summed E-state index contributed by atoms with van der Waals surface area (Å²) in [6.45, 7) is 2.07. The van der Waals surface area contributed by atoms with Gasteiger partial charge in [0, 0.05) is 39.0 Å². The van der Waals surface area contributed by atoms with Gasteiger partial charge in [-0.25, -0.2) is 18.2 Å². The summed E-state index contributed by atoms with van der Waals surface area (Å²) in [6, 6.07) is 10.1. The van der Waals surface area contributed by atoms with Crippen LogP contribution in [0.1, 0.15) is 12.3 Å². The van der Waals surface area contributed by atoms with Crippen molar-refractivity contribution >= 4 is 11.6 Å². The summed E-state index contributed by atoms with van der Waals surface area (Å²) in [6.07, 6.45) is 1.65. The number of carbonyl (C=O) groups excluding carboxylic acids is 1. The lowest BCUT2D eigenvalue weighted by Crippen LogP contribution is -2.49. The van der Waals surface area contributed by atoms with E-state index in [1.165, 1.54) is 18.3 Å². The Labute approximate surface area is 171 Å². The molecule has 1 amide bonds. The minimum Gasteiger partial charge on any atom is -0.441 e. The van der Waals surface area contributed by atoms with Crippen molar-refractivity contribution in [2.45, 2.75) is 12.8 Å². The Bertz CT molecular complexity index is 1030. The van der Waals surface area contributed by atoms with Crippen molar-refractivity contribution in [2.24, 2.45) is 0 Å². The molecule has 0 radical (unpaired) electrons. The van der Waals surface area contributed by atoms with Crippen molar-refractivity contribution in [3.8, 4) is 11.3 Å². The van der Waals surface area contributed by atoms with Gasteiger partial charge in [-0.2, -0.15) is 0 Å². The molecule has 0 unspecified atom stereocenters. The van der Waals surface area contributed by atoms with Gasteiger partial charge in [-0.3, -0.25) is 4.79 Å². The van der Waals surface area contributed by atoms with E-state index in [1.54, 1.807) is 23.1 Å². The first-order valence-electron chi connectivity index (χ1n) is 9.69. The molecule has 4 rings (SSSR count). The van der Waals surface area contributed by atoms with Gasteiger partial charge in [0.1, 0.15) is 17.5 Å². The molecule has 2 heterocycles. The number of nitrogens with zero attached hydrogens (tertiary/aromatic N) is 3. The van der Waals surface area contributed by atoms with E-state index >= 15 is 0 Å². The lowest BCUT2D eigenvalue weighted by atomic mass is 10.1. The van der Waals surface area contributed by atoms with Gasteiger partial charge in [0.05, 0.1) is 17.4 Å². The van der Waals surface area contributed by atoms with E-state index in [2.05, 4.69) is 4.98 Å². The second-order valence-electron chi connectivity index (χ2n) is 7.03. The highest BCUT2D eigenvalue weighted by Crippen LogP contribution is 2.27. The predicted octanol–water partition coefficient (Wildman–Crippen LogP) is 4.04. The van der Waals surface area contributed by atoms with Crippen molar-refractivity contribution in [3.05, 3.63) is 72.0 Å². The molecular weight excluding hydrogens is 395 g/mol. The van der Waals surface area contributed by atoms with Crippen molar-refractivity contribution in [1.29, 1.82) is 0 Å². The van der Waals surface area contributed by atoms with Crippen LogP contribution in [0.2, 0.25) is 0 Å². The number of hydrogen-bond acceptors (Lipinski definition) is 4.